The lowest BCUT2D eigenvalue weighted by atomic mass is 10.2. The average Bonchev–Trinajstić information content (AvgIpc) is 2.14. The molecule has 0 fully saturated rings. The molecule has 0 unspecified atom stereocenters. The highest BCUT2D eigenvalue weighted by molar-refractivity contribution is 7.86. The van der Waals surface area contributed by atoms with Gasteiger partial charge < -0.3 is 0 Å². The van der Waals surface area contributed by atoms with Crippen LogP contribution in [0.15, 0.2) is 35.4 Å². The third kappa shape index (κ3) is 3.15. The molecule has 0 saturated carbocycles. The molecule has 0 aliphatic carbocycles. The summed E-state index contributed by atoms with van der Waals surface area (Å²) in [7, 11) is -2.46. The number of hydrogen-bond donors (Lipinski definition) is 1. The fourth-order valence-corrected chi connectivity index (χ4v) is 0.931. The Hall–Kier alpha value is -1.40. The van der Waals surface area contributed by atoms with E-state index in [4.69, 9.17) is 5.14 Å². The second-order valence-electron chi connectivity index (χ2n) is 2.63. The van der Waals surface area contributed by atoms with Crippen molar-refractivity contribution in [2.24, 2.45) is 10.2 Å². The molecule has 0 bridgehead atoms. The fourth-order valence-electron chi connectivity index (χ4n) is 0.753. The maximum absolute atomic E-state index is 10.7. The number of hydrazone groups is 1. The van der Waals surface area contributed by atoms with Crippen molar-refractivity contribution in [1.29, 1.82) is 0 Å². The minimum atomic E-state index is -3.74. The van der Waals surface area contributed by atoms with Gasteiger partial charge in [-0.25, -0.2) is 5.14 Å². The van der Waals surface area contributed by atoms with E-state index in [0.717, 1.165) is 5.56 Å². The van der Waals surface area contributed by atoms with Crippen LogP contribution in [0.5, 0.6) is 0 Å². The second-order valence-corrected chi connectivity index (χ2v) is 4.19. The second kappa shape index (κ2) is 4.21. The zero-order valence-corrected chi connectivity index (χ0v) is 8.48. The highest BCUT2D eigenvalue weighted by Crippen LogP contribution is 1.96. The van der Waals surface area contributed by atoms with E-state index in [1.165, 1.54) is 13.3 Å². The monoisotopic (exact) mass is 213 g/mol. The predicted octanol–water partition coefficient (Wildman–Crippen LogP) is 0.156. The number of nitrogens with two attached hydrogens (primary N) is 1. The van der Waals surface area contributed by atoms with Gasteiger partial charge in [-0.15, -0.1) is 0 Å². The van der Waals surface area contributed by atoms with Crippen molar-refractivity contribution in [2.45, 2.75) is 0 Å². The Kier molecular flexibility index (Phi) is 3.21. The van der Waals surface area contributed by atoms with E-state index in [0.29, 0.717) is 4.41 Å². The first kappa shape index (κ1) is 10.7. The van der Waals surface area contributed by atoms with Crippen LogP contribution in [0.25, 0.3) is 0 Å². The normalized spacial score (nSPS) is 11.9. The van der Waals surface area contributed by atoms with Crippen LogP contribution in [0, 0.1) is 0 Å². The lowest BCUT2D eigenvalue weighted by Crippen LogP contribution is -2.29. The van der Waals surface area contributed by atoms with Crippen LogP contribution in [-0.4, -0.2) is 26.1 Å². The molecule has 0 saturated heterocycles. The highest BCUT2D eigenvalue weighted by Gasteiger charge is 2.06. The summed E-state index contributed by atoms with van der Waals surface area (Å²) in [6, 6.07) is 9.14. The van der Waals surface area contributed by atoms with Crippen LogP contribution in [0.3, 0.4) is 0 Å². The molecule has 14 heavy (non-hydrogen) atoms. The third-order valence-corrected chi connectivity index (χ3v) is 2.37. The van der Waals surface area contributed by atoms with E-state index in [-0.39, 0.29) is 0 Å². The van der Waals surface area contributed by atoms with Crippen molar-refractivity contribution in [3.8, 4) is 0 Å². The van der Waals surface area contributed by atoms with Crippen molar-refractivity contribution in [2.75, 3.05) is 7.05 Å². The van der Waals surface area contributed by atoms with E-state index in [2.05, 4.69) is 5.10 Å². The molecule has 0 aliphatic rings. The average molecular weight is 213 g/mol. The van der Waals surface area contributed by atoms with Crippen molar-refractivity contribution in [1.82, 2.24) is 4.41 Å². The molecule has 76 valence electrons. The van der Waals surface area contributed by atoms with Crippen molar-refractivity contribution >= 4 is 16.4 Å². The maximum Gasteiger partial charge on any atom is 0.313 e. The lowest BCUT2D eigenvalue weighted by molar-refractivity contribution is 0.492. The zero-order chi connectivity index (χ0) is 10.6. The summed E-state index contributed by atoms with van der Waals surface area (Å²) in [5.74, 6) is 0. The Labute approximate surface area is 83.0 Å². The highest BCUT2D eigenvalue weighted by atomic mass is 32.2. The van der Waals surface area contributed by atoms with Gasteiger partial charge in [0.1, 0.15) is 0 Å². The summed E-state index contributed by atoms with van der Waals surface area (Å²) in [6.07, 6.45) is 1.42. The summed E-state index contributed by atoms with van der Waals surface area (Å²) in [5, 5.41) is 8.49. The number of nitrogens with zero attached hydrogens (tertiary/aromatic N) is 2. The summed E-state index contributed by atoms with van der Waals surface area (Å²) >= 11 is 0. The van der Waals surface area contributed by atoms with E-state index < -0.39 is 10.2 Å². The van der Waals surface area contributed by atoms with Crippen LogP contribution in [0.2, 0.25) is 0 Å². The van der Waals surface area contributed by atoms with Gasteiger partial charge in [0.15, 0.2) is 0 Å². The van der Waals surface area contributed by atoms with Crippen LogP contribution >= 0.6 is 0 Å². The molecule has 0 atom stereocenters. The van der Waals surface area contributed by atoms with Crippen LogP contribution in [-0.2, 0) is 10.2 Å². The van der Waals surface area contributed by atoms with Gasteiger partial charge in [-0.3, -0.25) is 0 Å². The van der Waals surface area contributed by atoms with Gasteiger partial charge >= 0.3 is 10.2 Å². The molecular weight excluding hydrogens is 202 g/mol. The summed E-state index contributed by atoms with van der Waals surface area (Å²) in [5.41, 5.74) is 0.808. The molecule has 6 heteroatoms. The molecule has 1 rings (SSSR count). The van der Waals surface area contributed by atoms with Crippen LogP contribution in [0.4, 0.5) is 0 Å². The first-order chi connectivity index (χ1) is 6.50. The smallest absolute Gasteiger partial charge is 0.210 e. The Balaban J connectivity index is 2.75. The number of hydrogen-bond acceptors (Lipinski definition) is 3. The largest absolute Gasteiger partial charge is 0.313 e. The van der Waals surface area contributed by atoms with Crippen LogP contribution in [0.1, 0.15) is 5.56 Å². The van der Waals surface area contributed by atoms with Crippen molar-refractivity contribution in [3.05, 3.63) is 35.9 Å². The van der Waals surface area contributed by atoms with Crippen molar-refractivity contribution < 1.29 is 8.42 Å². The molecular formula is C8H11N3O2S. The lowest BCUT2D eigenvalue weighted by Gasteiger charge is -2.07. The standard InChI is InChI=1S/C8H11N3O2S/c1-11(14(9,12)13)10-7-8-5-3-2-4-6-8/h2-7H,1H3,(H2,9,12,13)/b10-7+. The molecule has 0 aromatic heterocycles. The molecule has 0 radical (unpaired) electrons. The van der Waals surface area contributed by atoms with Crippen LogP contribution < -0.4 is 5.14 Å². The van der Waals surface area contributed by atoms with Gasteiger partial charge in [-0.1, -0.05) is 30.3 Å². The van der Waals surface area contributed by atoms with Gasteiger partial charge in [0.25, 0.3) is 0 Å². The summed E-state index contributed by atoms with van der Waals surface area (Å²) < 4.78 is 22.2. The molecule has 0 aliphatic heterocycles. The van der Waals surface area contributed by atoms with Gasteiger partial charge in [0, 0.05) is 7.05 Å². The van der Waals surface area contributed by atoms with E-state index in [1.807, 2.05) is 18.2 Å². The molecule has 1 aromatic carbocycles. The minimum absolute atomic E-state index is 0.708. The maximum atomic E-state index is 10.7. The molecule has 5 nitrogen and oxygen atoms in total. The fraction of sp³-hybridized carbons (Fsp3) is 0.125. The van der Waals surface area contributed by atoms with Crippen molar-refractivity contribution in [3.63, 3.8) is 0 Å². The Morgan fingerprint density at radius 2 is 1.93 bits per heavy atom. The molecule has 0 amide bonds. The zero-order valence-electron chi connectivity index (χ0n) is 7.66. The topological polar surface area (TPSA) is 75.8 Å². The first-order valence-corrected chi connectivity index (χ1v) is 5.36. The predicted molar refractivity (Wildman–Crippen MR) is 54.9 cm³/mol. The van der Waals surface area contributed by atoms with E-state index in [9.17, 15) is 8.42 Å². The SMILES string of the molecule is CN(/N=C/c1ccccc1)S(N)(=O)=O. The quantitative estimate of drug-likeness (QED) is 0.573. The van der Waals surface area contributed by atoms with Gasteiger partial charge in [0.2, 0.25) is 0 Å². The van der Waals surface area contributed by atoms with E-state index >= 15 is 0 Å². The summed E-state index contributed by atoms with van der Waals surface area (Å²) in [4.78, 5) is 0. The minimum Gasteiger partial charge on any atom is -0.210 e. The molecule has 0 spiro atoms. The molecule has 1 aromatic rings. The Morgan fingerprint density at radius 1 is 1.36 bits per heavy atom. The Bertz CT molecular complexity index is 413. The summed E-state index contributed by atoms with van der Waals surface area (Å²) in [6.45, 7) is 0. The Morgan fingerprint density at radius 3 is 2.43 bits per heavy atom. The third-order valence-electron chi connectivity index (χ3n) is 1.54. The first-order valence-electron chi connectivity index (χ1n) is 3.86. The molecule has 2 N–H and O–H groups in total. The molecule has 0 heterocycles. The number of rotatable bonds is 3. The number of benzene rings is 1. The van der Waals surface area contributed by atoms with Gasteiger partial charge in [-0.05, 0) is 5.56 Å². The van der Waals surface area contributed by atoms with Gasteiger partial charge in [0.05, 0.1) is 6.21 Å². The van der Waals surface area contributed by atoms with Gasteiger partial charge in [-0.2, -0.15) is 17.9 Å². The van der Waals surface area contributed by atoms with E-state index in [1.54, 1.807) is 12.1 Å².